The second-order valence-corrected chi connectivity index (χ2v) is 4.68. The minimum absolute atomic E-state index is 0.0615. The number of urea groups is 1. The lowest BCUT2D eigenvalue weighted by atomic mass is 10.2. The summed E-state index contributed by atoms with van der Waals surface area (Å²) in [6, 6.07) is 2.29. The number of aliphatic carboxylic acids is 1. The van der Waals surface area contributed by atoms with Crippen LogP contribution in [0.5, 0.6) is 0 Å². The number of amides is 2. The fourth-order valence-corrected chi connectivity index (χ4v) is 2.22. The molecule has 2 rings (SSSR count). The predicted octanol–water partition coefficient (Wildman–Crippen LogP) is 2.56. The van der Waals surface area contributed by atoms with Gasteiger partial charge < -0.3 is 15.3 Å². The molecule has 2 N–H and O–H groups in total. The molecule has 1 aromatic rings. The minimum atomic E-state index is -1.06. The molecular formula is C12H12ClFN2O3. The molecule has 0 aliphatic carbocycles. The molecule has 102 valence electrons. The van der Waals surface area contributed by atoms with Crippen molar-refractivity contribution in [3.63, 3.8) is 0 Å². The average molecular weight is 287 g/mol. The van der Waals surface area contributed by atoms with Crippen molar-refractivity contribution in [3.05, 3.63) is 29.0 Å². The number of carboxylic acids is 1. The summed E-state index contributed by atoms with van der Waals surface area (Å²) in [5, 5.41) is 11.6. The standard InChI is InChI=1S/C12H12ClFN2O3/c13-7-3-4-8(14)9(6-7)15-12(19)16-5-1-2-10(16)11(17)18/h3-4,6,10H,1-2,5H2,(H,15,19)(H,17,18)/t10-/m1/s1. The van der Waals surface area contributed by atoms with E-state index in [0.717, 1.165) is 6.07 Å². The van der Waals surface area contributed by atoms with Crippen LogP contribution in [0.4, 0.5) is 14.9 Å². The van der Waals surface area contributed by atoms with Gasteiger partial charge in [0.2, 0.25) is 0 Å². The Kier molecular flexibility index (Phi) is 3.90. The maximum absolute atomic E-state index is 13.5. The normalized spacial score (nSPS) is 18.4. The number of benzene rings is 1. The molecule has 0 bridgehead atoms. The van der Waals surface area contributed by atoms with Crippen LogP contribution in [0.25, 0.3) is 0 Å². The molecule has 1 aliphatic rings. The van der Waals surface area contributed by atoms with Crippen molar-refractivity contribution in [1.29, 1.82) is 0 Å². The lowest BCUT2D eigenvalue weighted by Crippen LogP contribution is -2.42. The summed E-state index contributed by atoms with van der Waals surface area (Å²) in [4.78, 5) is 24.1. The zero-order valence-electron chi connectivity index (χ0n) is 9.90. The van der Waals surface area contributed by atoms with Crippen molar-refractivity contribution in [2.45, 2.75) is 18.9 Å². The molecule has 0 saturated carbocycles. The molecule has 1 fully saturated rings. The Bertz CT molecular complexity index is 524. The van der Waals surface area contributed by atoms with Crippen molar-refractivity contribution >= 4 is 29.3 Å². The number of nitrogens with one attached hydrogen (secondary N) is 1. The van der Waals surface area contributed by atoms with Gasteiger partial charge in [-0.25, -0.2) is 14.0 Å². The number of halogens is 2. The van der Waals surface area contributed by atoms with E-state index in [-0.39, 0.29) is 10.7 Å². The van der Waals surface area contributed by atoms with Gasteiger partial charge in [0.15, 0.2) is 0 Å². The molecule has 5 nitrogen and oxygen atoms in total. The van der Waals surface area contributed by atoms with Gasteiger partial charge in [0.05, 0.1) is 5.69 Å². The number of carboxylic acid groups (broad SMARTS) is 1. The second-order valence-electron chi connectivity index (χ2n) is 4.24. The third kappa shape index (κ3) is 2.96. The number of carbonyl (C=O) groups excluding carboxylic acids is 1. The van der Waals surface area contributed by atoms with Crippen molar-refractivity contribution in [1.82, 2.24) is 4.90 Å². The lowest BCUT2D eigenvalue weighted by Gasteiger charge is -2.22. The number of likely N-dealkylation sites (tertiary alicyclic amines) is 1. The van der Waals surface area contributed by atoms with E-state index in [1.165, 1.54) is 17.0 Å². The number of anilines is 1. The monoisotopic (exact) mass is 286 g/mol. The SMILES string of the molecule is O=C(O)[C@H]1CCCN1C(=O)Nc1cc(Cl)ccc1F. The van der Waals surface area contributed by atoms with Crippen molar-refractivity contribution in [2.24, 2.45) is 0 Å². The number of carbonyl (C=O) groups is 2. The van der Waals surface area contributed by atoms with E-state index in [1.807, 2.05) is 0 Å². The van der Waals surface area contributed by atoms with Gasteiger partial charge in [-0.15, -0.1) is 0 Å². The highest BCUT2D eigenvalue weighted by Crippen LogP contribution is 2.22. The largest absolute Gasteiger partial charge is 0.480 e. The van der Waals surface area contributed by atoms with Gasteiger partial charge in [0.25, 0.3) is 0 Å². The van der Waals surface area contributed by atoms with E-state index >= 15 is 0 Å². The van der Waals surface area contributed by atoms with Crippen LogP contribution in [0.15, 0.2) is 18.2 Å². The number of hydrogen-bond donors (Lipinski definition) is 2. The van der Waals surface area contributed by atoms with Gasteiger partial charge >= 0.3 is 12.0 Å². The Labute approximate surface area is 114 Å². The van der Waals surface area contributed by atoms with Gasteiger partial charge in [0.1, 0.15) is 11.9 Å². The van der Waals surface area contributed by atoms with Crippen molar-refractivity contribution in [2.75, 3.05) is 11.9 Å². The van der Waals surface area contributed by atoms with E-state index in [0.29, 0.717) is 19.4 Å². The van der Waals surface area contributed by atoms with Gasteiger partial charge in [0, 0.05) is 11.6 Å². The van der Waals surface area contributed by atoms with Crippen LogP contribution in [-0.4, -0.2) is 34.6 Å². The first-order chi connectivity index (χ1) is 8.99. The fraction of sp³-hybridized carbons (Fsp3) is 0.333. The molecule has 1 aromatic carbocycles. The van der Waals surface area contributed by atoms with Crippen LogP contribution in [0.1, 0.15) is 12.8 Å². The number of nitrogens with zero attached hydrogens (tertiary/aromatic N) is 1. The van der Waals surface area contributed by atoms with Crippen molar-refractivity contribution in [3.8, 4) is 0 Å². The zero-order chi connectivity index (χ0) is 14.0. The molecule has 0 unspecified atom stereocenters. The highest BCUT2D eigenvalue weighted by atomic mass is 35.5. The molecule has 1 aliphatic heterocycles. The highest BCUT2D eigenvalue weighted by Gasteiger charge is 2.34. The summed E-state index contributed by atoms with van der Waals surface area (Å²) in [5.41, 5.74) is -0.0615. The van der Waals surface area contributed by atoms with Crippen LogP contribution in [0.2, 0.25) is 5.02 Å². The maximum Gasteiger partial charge on any atom is 0.326 e. The molecule has 7 heteroatoms. The molecule has 0 radical (unpaired) electrons. The minimum Gasteiger partial charge on any atom is -0.480 e. The molecule has 1 saturated heterocycles. The average Bonchev–Trinajstić information content (AvgIpc) is 2.83. The third-order valence-corrected chi connectivity index (χ3v) is 3.20. The summed E-state index contributed by atoms with van der Waals surface area (Å²) in [7, 11) is 0. The number of hydrogen-bond acceptors (Lipinski definition) is 2. The molecule has 0 spiro atoms. The summed E-state index contributed by atoms with van der Waals surface area (Å²) >= 11 is 5.71. The topological polar surface area (TPSA) is 69.6 Å². The van der Waals surface area contributed by atoms with Crippen LogP contribution in [-0.2, 0) is 4.79 Å². The summed E-state index contributed by atoms with van der Waals surface area (Å²) in [6.07, 6.45) is 1.02. The van der Waals surface area contributed by atoms with Crippen molar-refractivity contribution < 1.29 is 19.1 Å². The van der Waals surface area contributed by atoms with Gasteiger partial charge in [-0.05, 0) is 31.0 Å². The Morgan fingerprint density at radius 2 is 2.21 bits per heavy atom. The quantitative estimate of drug-likeness (QED) is 0.878. The lowest BCUT2D eigenvalue weighted by molar-refractivity contribution is -0.141. The van der Waals surface area contributed by atoms with E-state index in [1.54, 1.807) is 0 Å². The van der Waals surface area contributed by atoms with Crippen LogP contribution >= 0.6 is 11.6 Å². The fourth-order valence-electron chi connectivity index (χ4n) is 2.05. The third-order valence-electron chi connectivity index (χ3n) is 2.97. The van der Waals surface area contributed by atoms with Gasteiger partial charge in [-0.3, -0.25) is 0 Å². The Hall–Kier alpha value is -1.82. The van der Waals surface area contributed by atoms with E-state index < -0.39 is 23.9 Å². The van der Waals surface area contributed by atoms with Crippen LogP contribution in [0.3, 0.4) is 0 Å². The van der Waals surface area contributed by atoms with E-state index in [2.05, 4.69) is 5.32 Å². The first-order valence-electron chi connectivity index (χ1n) is 5.74. The summed E-state index contributed by atoms with van der Waals surface area (Å²) < 4.78 is 13.5. The molecule has 1 heterocycles. The molecular weight excluding hydrogens is 275 g/mol. The predicted molar refractivity (Wildman–Crippen MR) is 67.8 cm³/mol. The smallest absolute Gasteiger partial charge is 0.326 e. The van der Waals surface area contributed by atoms with E-state index in [9.17, 15) is 14.0 Å². The Morgan fingerprint density at radius 1 is 1.47 bits per heavy atom. The highest BCUT2D eigenvalue weighted by molar-refractivity contribution is 6.30. The molecule has 19 heavy (non-hydrogen) atoms. The molecule has 1 atom stereocenters. The number of rotatable bonds is 2. The zero-order valence-corrected chi connectivity index (χ0v) is 10.7. The maximum atomic E-state index is 13.5. The first kappa shape index (κ1) is 13.6. The Balaban J connectivity index is 2.12. The van der Waals surface area contributed by atoms with Gasteiger partial charge in [-0.2, -0.15) is 0 Å². The second kappa shape index (κ2) is 5.44. The van der Waals surface area contributed by atoms with Crippen LogP contribution < -0.4 is 5.32 Å². The molecule has 0 aromatic heterocycles. The van der Waals surface area contributed by atoms with E-state index in [4.69, 9.17) is 16.7 Å². The van der Waals surface area contributed by atoms with Crippen LogP contribution in [0, 0.1) is 5.82 Å². The first-order valence-corrected chi connectivity index (χ1v) is 6.12. The van der Waals surface area contributed by atoms with Gasteiger partial charge in [-0.1, -0.05) is 11.6 Å². The summed E-state index contributed by atoms with van der Waals surface area (Å²) in [5.74, 6) is -1.68. The molecule has 2 amide bonds. The summed E-state index contributed by atoms with van der Waals surface area (Å²) in [6.45, 7) is 0.338. The Morgan fingerprint density at radius 3 is 2.89 bits per heavy atom.